The molecule has 1 aromatic carbocycles. The Morgan fingerprint density at radius 1 is 1.21 bits per heavy atom. The number of aromatic nitrogens is 2. The summed E-state index contributed by atoms with van der Waals surface area (Å²) >= 11 is 1.47. The van der Waals surface area contributed by atoms with Crippen molar-refractivity contribution in [2.75, 3.05) is 25.1 Å². The zero-order chi connectivity index (χ0) is 24.2. The maximum Gasteiger partial charge on any atom is 0.274 e. The highest BCUT2D eigenvalue weighted by Crippen LogP contribution is 2.39. The van der Waals surface area contributed by atoms with Crippen molar-refractivity contribution in [2.24, 2.45) is 0 Å². The predicted molar refractivity (Wildman–Crippen MR) is 133 cm³/mol. The average molecular weight is 483 g/mol. The Hall–Kier alpha value is -3.17. The number of anilines is 1. The molecular weight excluding hydrogens is 452 g/mol. The summed E-state index contributed by atoms with van der Waals surface area (Å²) in [6.07, 6.45) is 3.50. The average Bonchev–Trinajstić information content (AvgIpc) is 3.52. The van der Waals surface area contributed by atoms with Crippen LogP contribution in [0.15, 0.2) is 18.2 Å². The van der Waals surface area contributed by atoms with Gasteiger partial charge >= 0.3 is 0 Å². The number of thiophene rings is 1. The zero-order valence-electron chi connectivity index (χ0n) is 19.7. The Morgan fingerprint density at radius 3 is 2.82 bits per heavy atom. The van der Waals surface area contributed by atoms with Gasteiger partial charge in [0.1, 0.15) is 16.4 Å². The minimum Gasteiger partial charge on any atom is -0.507 e. The molecule has 180 valence electrons. The highest BCUT2D eigenvalue weighted by Gasteiger charge is 2.28. The fraction of sp³-hybridized carbons (Fsp3) is 0.400. The van der Waals surface area contributed by atoms with Crippen LogP contribution in [0.1, 0.15) is 62.2 Å². The van der Waals surface area contributed by atoms with E-state index in [9.17, 15) is 14.7 Å². The topological polar surface area (TPSA) is 116 Å². The van der Waals surface area contributed by atoms with Gasteiger partial charge in [-0.15, -0.1) is 11.3 Å². The lowest BCUT2D eigenvalue weighted by Crippen LogP contribution is -2.27. The third-order valence-corrected chi connectivity index (χ3v) is 7.08. The maximum absolute atomic E-state index is 13.0. The van der Waals surface area contributed by atoms with Crippen LogP contribution in [0.3, 0.4) is 0 Å². The van der Waals surface area contributed by atoms with Crippen molar-refractivity contribution in [1.29, 1.82) is 0 Å². The number of carbonyl (C=O) groups is 2. The molecule has 4 rings (SSSR count). The fourth-order valence-corrected chi connectivity index (χ4v) is 5.52. The number of rotatable bonds is 9. The minimum absolute atomic E-state index is 0.141. The summed E-state index contributed by atoms with van der Waals surface area (Å²) in [5, 5.41) is 23.9. The van der Waals surface area contributed by atoms with Crippen molar-refractivity contribution in [3.63, 3.8) is 0 Å². The SMILES string of the molecule is CCOCCCNC(=O)c1c(NC(=O)c2cc(-c3cc(C)cc(C)c3O)n[nH]2)sc2c1CCC2. The number of hydrogen-bond donors (Lipinski definition) is 4. The van der Waals surface area contributed by atoms with Crippen molar-refractivity contribution in [1.82, 2.24) is 15.5 Å². The number of carbonyl (C=O) groups excluding carboxylic acids is 2. The number of aromatic hydroxyl groups is 1. The molecule has 2 aromatic heterocycles. The molecule has 9 heteroatoms. The number of aromatic amines is 1. The summed E-state index contributed by atoms with van der Waals surface area (Å²) in [4.78, 5) is 27.2. The number of benzene rings is 1. The van der Waals surface area contributed by atoms with Gasteiger partial charge in [-0.1, -0.05) is 6.07 Å². The number of H-pyrrole nitrogens is 1. The summed E-state index contributed by atoms with van der Waals surface area (Å²) < 4.78 is 5.33. The van der Waals surface area contributed by atoms with E-state index in [4.69, 9.17) is 4.74 Å². The zero-order valence-corrected chi connectivity index (χ0v) is 20.5. The van der Waals surface area contributed by atoms with Gasteiger partial charge in [0.05, 0.1) is 11.3 Å². The second-order valence-electron chi connectivity index (χ2n) is 8.47. The van der Waals surface area contributed by atoms with Crippen LogP contribution in [0, 0.1) is 13.8 Å². The molecule has 0 radical (unpaired) electrons. The van der Waals surface area contributed by atoms with Crippen LogP contribution in [-0.4, -0.2) is 46.9 Å². The molecule has 8 nitrogen and oxygen atoms in total. The lowest BCUT2D eigenvalue weighted by molar-refractivity contribution is 0.0944. The van der Waals surface area contributed by atoms with E-state index in [-0.39, 0.29) is 23.3 Å². The van der Waals surface area contributed by atoms with Crippen LogP contribution in [-0.2, 0) is 17.6 Å². The second kappa shape index (κ2) is 10.4. The molecular formula is C25H30N4O4S. The first kappa shape index (κ1) is 24.0. The smallest absolute Gasteiger partial charge is 0.274 e. The highest BCUT2D eigenvalue weighted by molar-refractivity contribution is 7.17. The number of fused-ring (bicyclic) bond motifs is 1. The molecule has 3 aromatic rings. The normalized spacial score (nSPS) is 12.6. The van der Waals surface area contributed by atoms with E-state index >= 15 is 0 Å². The summed E-state index contributed by atoms with van der Waals surface area (Å²) in [6, 6.07) is 5.33. The third-order valence-electron chi connectivity index (χ3n) is 5.87. The number of phenols is 1. The molecule has 0 aliphatic heterocycles. The number of phenolic OH excluding ortho intramolecular Hbond substituents is 1. The number of hydrogen-bond acceptors (Lipinski definition) is 6. The van der Waals surface area contributed by atoms with Gasteiger partial charge in [-0.2, -0.15) is 5.10 Å². The van der Waals surface area contributed by atoms with Gasteiger partial charge in [0.15, 0.2) is 0 Å². The molecule has 2 heterocycles. The van der Waals surface area contributed by atoms with E-state index in [2.05, 4.69) is 20.8 Å². The molecule has 34 heavy (non-hydrogen) atoms. The summed E-state index contributed by atoms with van der Waals surface area (Å²) in [7, 11) is 0. The number of nitrogens with zero attached hydrogens (tertiary/aromatic N) is 1. The van der Waals surface area contributed by atoms with E-state index in [1.807, 2.05) is 32.9 Å². The van der Waals surface area contributed by atoms with Crippen LogP contribution in [0.5, 0.6) is 5.75 Å². The van der Waals surface area contributed by atoms with Crippen LogP contribution in [0.4, 0.5) is 5.00 Å². The third kappa shape index (κ3) is 5.00. The largest absolute Gasteiger partial charge is 0.507 e. The van der Waals surface area contributed by atoms with Gasteiger partial charge in [0.25, 0.3) is 11.8 Å². The molecule has 1 aliphatic carbocycles. The van der Waals surface area contributed by atoms with E-state index in [0.29, 0.717) is 41.6 Å². The summed E-state index contributed by atoms with van der Waals surface area (Å²) in [5.74, 6) is -0.411. The molecule has 0 spiro atoms. The van der Waals surface area contributed by atoms with Crippen molar-refractivity contribution >= 4 is 28.2 Å². The highest BCUT2D eigenvalue weighted by atomic mass is 32.1. The maximum atomic E-state index is 13.0. The van der Waals surface area contributed by atoms with Gasteiger partial charge in [0.2, 0.25) is 0 Å². The molecule has 2 amide bonds. The first-order chi connectivity index (χ1) is 16.4. The Balaban J connectivity index is 1.51. The summed E-state index contributed by atoms with van der Waals surface area (Å²) in [6.45, 7) is 7.47. The van der Waals surface area contributed by atoms with Crippen LogP contribution in [0.2, 0.25) is 0 Å². The molecule has 0 fully saturated rings. The lowest BCUT2D eigenvalue weighted by atomic mass is 10.0. The number of aryl methyl sites for hydroxylation is 3. The molecule has 1 aliphatic rings. The number of nitrogens with one attached hydrogen (secondary N) is 3. The summed E-state index contributed by atoms with van der Waals surface area (Å²) in [5.41, 5.74) is 4.64. The van der Waals surface area contributed by atoms with Gasteiger partial charge in [0, 0.05) is 30.2 Å². The molecule has 0 saturated heterocycles. The first-order valence-electron chi connectivity index (χ1n) is 11.6. The van der Waals surface area contributed by atoms with E-state index in [1.165, 1.54) is 11.3 Å². The molecule has 0 bridgehead atoms. The predicted octanol–water partition coefficient (Wildman–Crippen LogP) is 4.36. The van der Waals surface area contributed by atoms with Gasteiger partial charge in [-0.25, -0.2) is 0 Å². The van der Waals surface area contributed by atoms with Gasteiger partial charge < -0.3 is 20.5 Å². The molecule has 0 saturated carbocycles. The van der Waals surface area contributed by atoms with Gasteiger partial charge in [-0.3, -0.25) is 14.7 Å². The quantitative estimate of drug-likeness (QED) is 0.338. The van der Waals surface area contributed by atoms with E-state index in [0.717, 1.165) is 47.3 Å². The van der Waals surface area contributed by atoms with Crippen LogP contribution >= 0.6 is 11.3 Å². The van der Waals surface area contributed by atoms with Crippen molar-refractivity contribution in [3.8, 4) is 17.0 Å². The Labute approximate surface area is 202 Å². The van der Waals surface area contributed by atoms with Crippen LogP contribution in [0.25, 0.3) is 11.3 Å². The van der Waals surface area contributed by atoms with Crippen molar-refractivity contribution in [2.45, 2.75) is 46.5 Å². The van der Waals surface area contributed by atoms with Crippen molar-refractivity contribution < 1.29 is 19.4 Å². The number of amides is 2. The van der Waals surface area contributed by atoms with Gasteiger partial charge in [-0.05, 0) is 75.3 Å². The first-order valence-corrected chi connectivity index (χ1v) is 12.4. The second-order valence-corrected chi connectivity index (χ2v) is 9.57. The number of ether oxygens (including phenoxy) is 1. The monoisotopic (exact) mass is 482 g/mol. The Bertz CT molecular complexity index is 1210. The Morgan fingerprint density at radius 2 is 2.03 bits per heavy atom. The molecule has 0 unspecified atom stereocenters. The lowest BCUT2D eigenvalue weighted by Gasteiger charge is -2.09. The standard InChI is InChI=1S/C25H30N4O4S/c1-4-33-10-6-9-26-24(32)21-16-7-5-8-20(16)34-25(21)27-23(31)19-13-18(28-29-19)17-12-14(2)11-15(3)22(17)30/h11-13,30H,4-10H2,1-3H3,(H,26,32)(H,27,31)(H,28,29). The van der Waals surface area contributed by atoms with Crippen molar-refractivity contribution in [3.05, 3.63) is 51.0 Å². The molecule has 4 N–H and O–H groups in total. The van der Waals surface area contributed by atoms with E-state index in [1.54, 1.807) is 6.07 Å². The van der Waals surface area contributed by atoms with Crippen LogP contribution < -0.4 is 10.6 Å². The minimum atomic E-state index is -0.382. The molecule has 0 atom stereocenters. The fourth-order valence-electron chi connectivity index (χ4n) is 4.24. The van der Waals surface area contributed by atoms with E-state index < -0.39 is 0 Å². The Kier molecular flexibility index (Phi) is 7.33.